The van der Waals surface area contributed by atoms with Crippen LogP contribution < -0.4 is 16.4 Å². The van der Waals surface area contributed by atoms with Gasteiger partial charge in [-0.2, -0.15) is 5.10 Å². The van der Waals surface area contributed by atoms with Crippen LogP contribution >= 0.6 is 0 Å². The molecule has 114 valence electrons. The standard InChI is InChI=1S/C15H24N6/c1-12(2)20-7-9-21(10-8-20)14-5-3-13(4-6-14)11-18-19-15(16)17/h3-6,11-12H,7-10H2,1-2H3,(H4,16,17,19). The summed E-state index contributed by atoms with van der Waals surface area (Å²) in [5.41, 5.74) is 12.7. The highest BCUT2D eigenvalue weighted by atomic mass is 15.3. The molecular weight excluding hydrogens is 264 g/mol. The molecule has 6 nitrogen and oxygen atoms in total. The molecule has 1 saturated heterocycles. The summed E-state index contributed by atoms with van der Waals surface area (Å²) >= 11 is 0. The van der Waals surface area contributed by atoms with Gasteiger partial charge in [-0.15, -0.1) is 5.10 Å². The average Bonchev–Trinajstić information content (AvgIpc) is 2.48. The Morgan fingerprint density at radius 3 is 2.24 bits per heavy atom. The van der Waals surface area contributed by atoms with Crippen LogP contribution in [0.1, 0.15) is 19.4 Å². The molecule has 6 heteroatoms. The molecule has 0 atom stereocenters. The second-order valence-electron chi connectivity index (χ2n) is 5.48. The number of piperazine rings is 1. The molecule has 21 heavy (non-hydrogen) atoms. The molecule has 1 aromatic carbocycles. The van der Waals surface area contributed by atoms with Gasteiger partial charge in [-0.3, -0.25) is 4.90 Å². The number of rotatable bonds is 4. The number of hydrogen-bond donors (Lipinski definition) is 2. The van der Waals surface area contributed by atoms with Crippen molar-refractivity contribution >= 4 is 17.9 Å². The molecule has 0 unspecified atom stereocenters. The van der Waals surface area contributed by atoms with Crippen LogP contribution in [0.25, 0.3) is 0 Å². The van der Waals surface area contributed by atoms with E-state index in [2.05, 4.69) is 46.0 Å². The van der Waals surface area contributed by atoms with E-state index < -0.39 is 0 Å². The van der Waals surface area contributed by atoms with Crippen molar-refractivity contribution in [1.82, 2.24) is 4.90 Å². The van der Waals surface area contributed by atoms with E-state index in [0.717, 1.165) is 31.7 Å². The second kappa shape index (κ2) is 7.08. The van der Waals surface area contributed by atoms with Gasteiger partial charge in [0.15, 0.2) is 0 Å². The Morgan fingerprint density at radius 2 is 1.71 bits per heavy atom. The van der Waals surface area contributed by atoms with Crippen LogP contribution in [0, 0.1) is 0 Å². The normalized spacial score (nSPS) is 16.6. The van der Waals surface area contributed by atoms with Crippen LogP contribution in [0.15, 0.2) is 34.5 Å². The lowest BCUT2D eigenvalue weighted by Crippen LogP contribution is -2.48. The third kappa shape index (κ3) is 4.46. The third-order valence-electron chi connectivity index (χ3n) is 3.68. The van der Waals surface area contributed by atoms with Gasteiger partial charge in [0.25, 0.3) is 0 Å². The van der Waals surface area contributed by atoms with Crippen molar-refractivity contribution < 1.29 is 0 Å². The van der Waals surface area contributed by atoms with Gasteiger partial charge >= 0.3 is 0 Å². The van der Waals surface area contributed by atoms with E-state index in [1.165, 1.54) is 5.69 Å². The maximum Gasteiger partial charge on any atom is 0.211 e. The van der Waals surface area contributed by atoms with Gasteiger partial charge in [-0.05, 0) is 31.5 Å². The van der Waals surface area contributed by atoms with Gasteiger partial charge in [-0.25, -0.2) is 0 Å². The predicted octanol–water partition coefficient (Wildman–Crippen LogP) is 0.824. The molecule has 0 radical (unpaired) electrons. The molecule has 1 fully saturated rings. The zero-order valence-corrected chi connectivity index (χ0v) is 12.7. The molecule has 1 aromatic rings. The largest absolute Gasteiger partial charge is 0.369 e. The molecule has 0 aromatic heterocycles. The Balaban J connectivity index is 1.94. The Morgan fingerprint density at radius 1 is 1.10 bits per heavy atom. The summed E-state index contributed by atoms with van der Waals surface area (Å²) < 4.78 is 0. The van der Waals surface area contributed by atoms with Crippen LogP contribution in [0.3, 0.4) is 0 Å². The molecular formula is C15H24N6. The zero-order chi connectivity index (χ0) is 15.2. The van der Waals surface area contributed by atoms with Crippen molar-refractivity contribution in [2.24, 2.45) is 21.7 Å². The lowest BCUT2D eigenvalue weighted by molar-refractivity contribution is 0.209. The lowest BCUT2D eigenvalue weighted by Gasteiger charge is -2.38. The maximum absolute atomic E-state index is 5.21. The van der Waals surface area contributed by atoms with E-state index in [0.29, 0.717) is 6.04 Å². The molecule has 0 bridgehead atoms. The lowest BCUT2D eigenvalue weighted by atomic mass is 10.2. The van der Waals surface area contributed by atoms with Crippen molar-refractivity contribution in [2.75, 3.05) is 31.1 Å². The van der Waals surface area contributed by atoms with E-state index in [9.17, 15) is 0 Å². The minimum atomic E-state index is -0.0362. The van der Waals surface area contributed by atoms with Crippen molar-refractivity contribution in [1.29, 1.82) is 0 Å². The first kappa shape index (κ1) is 15.3. The van der Waals surface area contributed by atoms with Gasteiger partial charge in [0.1, 0.15) is 0 Å². The summed E-state index contributed by atoms with van der Waals surface area (Å²) in [5.74, 6) is -0.0362. The molecule has 0 spiro atoms. The molecule has 1 aliphatic rings. The minimum Gasteiger partial charge on any atom is -0.369 e. The van der Waals surface area contributed by atoms with Gasteiger partial charge < -0.3 is 16.4 Å². The van der Waals surface area contributed by atoms with Gasteiger partial charge in [0, 0.05) is 37.9 Å². The number of hydrogen-bond acceptors (Lipinski definition) is 4. The Labute approximate surface area is 126 Å². The van der Waals surface area contributed by atoms with E-state index in [1.807, 2.05) is 12.1 Å². The molecule has 0 aliphatic carbocycles. The summed E-state index contributed by atoms with van der Waals surface area (Å²) in [6.07, 6.45) is 1.64. The summed E-state index contributed by atoms with van der Waals surface area (Å²) in [7, 11) is 0. The first-order valence-corrected chi connectivity index (χ1v) is 7.27. The van der Waals surface area contributed by atoms with E-state index in [-0.39, 0.29) is 5.96 Å². The number of benzene rings is 1. The highest BCUT2D eigenvalue weighted by Crippen LogP contribution is 2.17. The summed E-state index contributed by atoms with van der Waals surface area (Å²) in [6.45, 7) is 8.87. The van der Waals surface area contributed by atoms with Crippen LogP contribution in [-0.2, 0) is 0 Å². The molecule has 0 amide bonds. The smallest absolute Gasteiger partial charge is 0.211 e. The molecule has 2 rings (SSSR count). The summed E-state index contributed by atoms with van der Waals surface area (Å²) in [6, 6.07) is 8.90. The van der Waals surface area contributed by atoms with E-state index in [4.69, 9.17) is 11.5 Å². The molecule has 1 aliphatic heterocycles. The summed E-state index contributed by atoms with van der Waals surface area (Å²) in [5, 5.41) is 7.39. The zero-order valence-electron chi connectivity index (χ0n) is 12.7. The van der Waals surface area contributed by atoms with Crippen molar-refractivity contribution in [3.63, 3.8) is 0 Å². The molecule has 4 N–H and O–H groups in total. The van der Waals surface area contributed by atoms with Crippen LogP contribution in [0.2, 0.25) is 0 Å². The van der Waals surface area contributed by atoms with Crippen molar-refractivity contribution in [3.8, 4) is 0 Å². The Kier molecular flexibility index (Phi) is 5.16. The van der Waals surface area contributed by atoms with Crippen molar-refractivity contribution in [3.05, 3.63) is 29.8 Å². The van der Waals surface area contributed by atoms with E-state index >= 15 is 0 Å². The van der Waals surface area contributed by atoms with Gasteiger partial charge in [-0.1, -0.05) is 12.1 Å². The quantitative estimate of drug-likeness (QED) is 0.488. The second-order valence-corrected chi connectivity index (χ2v) is 5.48. The van der Waals surface area contributed by atoms with Gasteiger partial charge in [0.2, 0.25) is 5.96 Å². The number of nitrogens with zero attached hydrogens (tertiary/aromatic N) is 4. The number of nitrogens with two attached hydrogens (primary N) is 2. The first-order chi connectivity index (χ1) is 10.1. The SMILES string of the molecule is CC(C)N1CCN(c2ccc(C=NN=C(N)N)cc2)CC1. The fourth-order valence-electron chi connectivity index (χ4n) is 2.43. The highest BCUT2D eigenvalue weighted by molar-refractivity contribution is 5.82. The Bertz CT molecular complexity index is 493. The fourth-order valence-corrected chi connectivity index (χ4v) is 2.43. The van der Waals surface area contributed by atoms with Crippen LogP contribution in [0.5, 0.6) is 0 Å². The van der Waals surface area contributed by atoms with Crippen LogP contribution in [0.4, 0.5) is 5.69 Å². The molecule has 1 heterocycles. The van der Waals surface area contributed by atoms with Crippen LogP contribution in [-0.4, -0.2) is 49.3 Å². The fraction of sp³-hybridized carbons (Fsp3) is 0.467. The third-order valence-corrected chi connectivity index (χ3v) is 3.68. The summed E-state index contributed by atoms with van der Waals surface area (Å²) in [4.78, 5) is 4.92. The number of anilines is 1. The van der Waals surface area contributed by atoms with Crippen molar-refractivity contribution in [2.45, 2.75) is 19.9 Å². The van der Waals surface area contributed by atoms with Gasteiger partial charge in [0.05, 0.1) is 6.21 Å². The first-order valence-electron chi connectivity index (χ1n) is 7.27. The maximum atomic E-state index is 5.21. The Hall–Kier alpha value is -2.08. The minimum absolute atomic E-state index is 0.0362. The topological polar surface area (TPSA) is 83.2 Å². The number of guanidine groups is 1. The van der Waals surface area contributed by atoms with E-state index in [1.54, 1.807) is 6.21 Å². The highest BCUT2D eigenvalue weighted by Gasteiger charge is 2.18. The molecule has 0 saturated carbocycles. The predicted molar refractivity (Wildman–Crippen MR) is 88.8 cm³/mol. The average molecular weight is 288 g/mol. The monoisotopic (exact) mass is 288 g/mol.